The average Bonchev–Trinajstić information content (AvgIpc) is 2.64. The third-order valence-corrected chi connectivity index (χ3v) is 4.35. The van der Waals surface area contributed by atoms with Crippen molar-refractivity contribution in [1.29, 1.82) is 0 Å². The van der Waals surface area contributed by atoms with E-state index in [2.05, 4.69) is 15.9 Å². The summed E-state index contributed by atoms with van der Waals surface area (Å²) in [6.45, 7) is 3.47. The molecule has 1 saturated heterocycles. The van der Waals surface area contributed by atoms with Crippen LogP contribution in [-0.2, 0) is 11.3 Å². The van der Waals surface area contributed by atoms with Crippen LogP contribution in [0, 0.1) is 12.8 Å². The quantitative estimate of drug-likeness (QED) is 0.783. The zero-order valence-electron chi connectivity index (χ0n) is 9.75. The van der Waals surface area contributed by atoms with Crippen molar-refractivity contribution in [2.24, 2.45) is 5.92 Å². The number of nitrogens with zero attached hydrogens (tertiary/aromatic N) is 1. The molecule has 1 unspecified atom stereocenters. The van der Waals surface area contributed by atoms with E-state index in [0.29, 0.717) is 18.9 Å². The van der Waals surface area contributed by atoms with Crippen LogP contribution in [0.1, 0.15) is 17.5 Å². The lowest BCUT2D eigenvalue weighted by Gasteiger charge is -2.17. The van der Waals surface area contributed by atoms with Crippen molar-refractivity contribution in [3.63, 3.8) is 0 Å². The van der Waals surface area contributed by atoms with E-state index in [1.807, 2.05) is 30.0 Å². The number of benzene rings is 1. The number of alkyl halides is 1. The lowest BCUT2D eigenvalue weighted by molar-refractivity contribution is -0.128. The second-order valence-corrected chi connectivity index (χ2v) is 5.65. The summed E-state index contributed by atoms with van der Waals surface area (Å²) in [6, 6.07) is 5.98. The van der Waals surface area contributed by atoms with Gasteiger partial charge >= 0.3 is 0 Å². The number of amides is 1. The van der Waals surface area contributed by atoms with Crippen LogP contribution in [0.5, 0.6) is 0 Å². The largest absolute Gasteiger partial charge is 0.338 e. The summed E-state index contributed by atoms with van der Waals surface area (Å²) in [5.74, 6) is 0.665. The molecule has 0 aromatic heterocycles. The predicted molar refractivity (Wildman–Crippen MR) is 73.5 cm³/mol. The van der Waals surface area contributed by atoms with Crippen molar-refractivity contribution in [2.45, 2.75) is 19.9 Å². The Morgan fingerprint density at radius 1 is 1.53 bits per heavy atom. The molecule has 1 fully saturated rings. The second kappa shape index (κ2) is 5.40. The number of hydrogen-bond donors (Lipinski definition) is 0. The summed E-state index contributed by atoms with van der Waals surface area (Å²) in [6.07, 6.45) is 0.648. The Hall–Kier alpha value is -0.540. The molecule has 1 atom stereocenters. The van der Waals surface area contributed by atoms with Crippen LogP contribution < -0.4 is 0 Å². The molecule has 92 valence electrons. The molecule has 1 aliphatic rings. The van der Waals surface area contributed by atoms with Gasteiger partial charge < -0.3 is 4.90 Å². The molecule has 0 aliphatic carbocycles. The Balaban J connectivity index is 2.08. The summed E-state index contributed by atoms with van der Waals surface area (Å²) in [4.78, 5) is 13.7. The highest BCUT2D eigenvalue weighted by atomic mass is 79.9. The number of carbonyl (C=O) groups excluding carboxylic acids is 1. The summed E-state index contributed by atoms with van der Waals surface area (Å²) < 4.78 is 0. The van der Waals surface area contributed by atoms with Gasteiger partial charge in [0.05, 0.1) is 0 Å². The Labute approximate surface area is 115 Å². The smallest absolute Gasteiger partial charge is 0.223 e. The number of hydrogen-bond acceptors (Lipinski definition) is 1. The van der Waals surface area contributed by atoms with E-state index in [0.717, 1.165) is 28.0 Å². The van der Waals surface area contributed by atoms with Crippen molar-refractivity contribution in [3.05, 3.63) is 34.3 Å². The lowest BCUT2D eigenvalue weighted by atomic mass is 10.1. The number of aryl methyl sites for hydroxylation is 1. The van der Waals surface area contributed by atoms with Crippen molar-refractivity contribution in [3.8, 4) is 0 Å². The summed E-state index contributed by atoms with van der Waals surface area (Å²) >= 11 is 9.61. The van der Waals surface area contributed by atoms with Gasteiger partial charge in [0.1, 0.15) is 0 Å². The Kier molecular flexibility index (Phi) is 4.10. The first-order valence-corrected chi connectivity index (χ1v) is 7.19. The van der Waals surface area contributed by atoms with E-state index < -0.39 is 0 Å². The lowest BCUT2D eigenvalue weighted by Crippen LogP contribution is -2.24. The fraction of sp³-hybridized carbons (Fsp3) is 0.462. The summed E-state index contributed by atoms with van der Waals surface area (Å²) in [7, 11) is 0. The van der Waals surface area contributed by atoms with Crippen molar-refractivity contribution in [1.82, 2.24) is 4.90 Å². The van der Waals surface area contributed by atoms with Crippen LogP contribution in [-0.4, -0.2) is 22.7 Å². The summed E-state index contributed by atoms with van der Waals surface area (Å²) in [5.41, 5.74) is 2.17. The zero-order chi connectivity index (χ0) is 12.4. The van der Waals surface area contributed by atoms with Crippen LogP contribution in [0.25, 0.3) is 0 Å². The predicted octanol–water partition coefficient (Wildman–Crippen LogP) is 3.39. The molecule has 0 bridgehead atoms. The van der Waals surface area contributed by atoms with Crippen LogP contribution in [0.2, 0.25) is 5.02 Å². The van der Waals surface area contributed by atoms with E-state index in [9.17, 15) is 4.79 Å². The van der Waals surface area contributed by atoms with Crippen LogP contribution >= 0.6 is 27.5 Å². The first-order chi connectivity index (χ1) is 8.10. The molecule has 2 rings (SSSR count). The van der Waals surface area contributed by atoms with Gasteiger partial charge in [-0.1, -0.05) is 39.7 Å². The van der Waals surface area contributed by atoms with Gasteiger partial charge in [0.15, 0.2) is 0 Å². The normalized spacial score (nSPS) is 20.1. The topological polar surface area (TPSA) is 20.3 Å². The van der Waals surface area contributed by atoms with Gasteiger partial charge in [-0.2, -0.15) is 0 Å². The maximum absolute atomic E-state index is 11.8. The van der Waals surface area contributed by atoms with Gasteiger partial charge in [-0.05, 0) is 30.0 Å². The standard InChI is InChI=1S/C13H15BrClNO/c1-9-2-3-11(12(15)4-9)8-16-7-10(6-14)5-13(16)17/h2-4,10H,5-8H2,1H3. The Morgan fingerprint density at radius 2 is 2.29 bits per heavy atom. The molecule has 2 nitrogen and oxygen atoms in total. The molecular weight excluding hydrogens is 302 g/mol. The first kappa shape index (κ1) is 12.9. The second-order valence-electron chi connectivity index (χ2n) is 4.59. The molecule has 1 heterocycles. The fourth-order valence-electron chi connectivity index (χ4n) is 2.10. The molecule has 0 N–H and O–H groups in total. The molecule has 4 heteroatoms. The minimum atomic E-state index is 0.228. The third kappa shape index (κ3) is 3.02. The van der Waals surface area contributed by atoms with E-state index >= 15 is 0 Å². The van der Waals surface area contributed by atoms with E-state index in [1.54, 1.807) is 0 Å². The zero-order valence-corrected chi connectivity index (χ0v) is 12.1. The maximum atomic E-state index is 11.8. The molecule has 0 spiro atoms. The molecule has 17 heavy (non-hydrogen) atoms. The van der Waals surface area contributed by atoms with Crippen LogP contribution in [0.15, 0.2) is 18.2 Å². The summed E-state index contributed by atoms with van der Waals surface area (Å²) in [5, 5.41) is 1.64. The molecular formula is C13H15BrClNO. The average molecular weight is 317 g/mol. The van der Waals surface area contributed by atoms with E-state index in [4.69, 9.17) is 11.6 Å². The van der Waals surface area contributed by atoms with Gasteiger partial charge in [-0.3, -0.25) is 4.79 Å². The molecule has 0 saturated carbocycles. The van der Waals surface area contributed by atoms with Crippen molar-refractivity contribution in [2.75, 3.05) is 11.9 Å². The maximum Gasteiger partial charge on any atom is 0.223 e. The highest BCUT2D eigenvalue weighted by molar-refractivity contribution is 9.09. The van der Waals surface area contributed by atoms with Gasteiger partial charge in [-0.25, -0.2) is 0 Å². The number of halogens is 2. The van der Waals surface area contributed by atoms with Crippen molar-refractivity contribution >= 4 is 33.4 Å². The molecule has 1 aliphatic heterocycles. The van der Waals surface area contributed by atoms with Gasteiger partial charge in [0.25, 0.3) is 0 Å². The van der Waals surface area contributed by atoms with Gasteiger partial charge in [0.2, 0.25) is 5.91 Å². The minimum absolute atomic E-state index is 0.228. The highest BCUT2D eigenvalue weighted by Crippen LogP contribution is 2.25. The molecule has 1 amide bonds. The number of carbonyl (C=O) groups is 1. The third-order valence-electron chi connectivity index (χ3n) is 3.08. The van der Waals surface area contributed by atoms with Crippen molar-refractivity contribution < 1.29 is 4.79 Å². The monoisotopic (exact) mass is 315 g/mol. The Bertz CT molecular complexity index is 435. The van der Waals surface area contributed by atoms with Crippen LogP contribution in [0.4, 0.5) is 0 Å². The van der Waals surface area contributed by atoms with Gasteiger partial charge in [0, 0.05) is 29.9 Å². The van der Waals surface area contributed by atoms with Gasteiger partial charge in [-0.15, -0.1) is 0 Å². The fourth-order valence-corrected chi connectivity index (χ4v) is 2.82. The Morgan fingerprint density at radius 3 is 2.88 bits per heavy atom. The number of rotatable bonds is 3. The van der Waals surface area contributed by atoms with E-state index in [-0.39, 0.29) is 5.91 Å². The molecule has 1 aromatic rings. The number of likely N-dealkylation sites (tertiary alicyclic amines) is 1. The highest BCUT2D eigenvalue weighted by Gasteiger charge is 2.28. The SMILES string of the molecule is Cc1ccc(CN2CC(CBr)CC2=O)c(Cl)c1. The molecule has 1 aromatic carbocycles. The minimum Gasteiger partial charge on any atom is -0.338 e. The first-order valence-electron chi connectivity index (χ1n) is 5.69. The van der Waals surface area contributed by atoms with E-state index in [1.165, 1.54) is 0 Å². The van der Waals surface area contributed by atoms with Crippen LogP contribution in [0.3, 0.4) is 0 Å². The molecule has 0 radical (unpaired) electrons.